The largest absolute Gasteiger partial charge is 0.402 e. The molecule has 1 N–H and O–H groups in total. The minimum Gasteiger partial charge on any atom is -0.240 e. The molecule has 3 nitrogen and oxygen atoms in total. The third kappa shape index (κ3) is 4.62. The number of fused-ring (bicyclic) bond motifs is 11. The van der Waals surface area contributed by atoms with E-state index < -0.39 is 0 Å². The van der Waals surface area contributed by atoms with Gasteiger partial charge < -0.3 is 0 Å². The minimum absolute atomic E-state index is 0.790. The van der Waals surface area contributed by atoms with Gasteiger partial charge >= 0.3 is 5.95 Å². The molecule has 0 amide bonds. The van der Waals surface area contributed by atoms with Gasteiger partial charge in [-0.25, -0.2) is 4.98 Å². The molecule has 10 aromatic rings. The normalized spacial score (nSPS) is 12.2. The maximum absolute atomic E-state index is 5.46. The van der Waals surface area contributed by atoms with Crippen LogP contribution in [0.25, 0.3) is 94.1 Å². The van der Waals surface area contributed by atoms with E-state index in [1.807, 2.05) is 11.8 Å². The van der Waals surface area contributed by atoms with Crippen molar-refractivity contribution in [2.45, 2.75) is 16.7 Å². The summed E-state index contributed by atoms with van der Waals surface area (Å²) in [6.45, 7) is 2.22. The fourth-order valence-corrected chi connectivity index (χ4v) is 9.51. The van der Waals surface area contributed by atoms with E-state index in [0.29, 0.717) is 0 Å². The average molecular weight is 695 g/mol. The molecule has 0 bridgehead atoms. The highest BCUT2D eigenvalue weighted by Gasteiger charge is 2.34. The summed E-state index contributed by atoms with van der Waals surface area (Å²) >= 11 is 1.84. The summed E-state index contributed by atoms with van der Waals surface area (Å²) in [6, 6.07) is 61.5. The number of nitrogens with zero attached hydrogens (tertiary/aromatic N) is 2. The van der Waals surface area contributed by atoms with Crippen molar-refractivity contribution >= 4 is 55.1 Å². The standard InChI is InChI=1S/C49H31N3S/c1-30-12-10-15-33-28-29-40-45-38-18-5-8-22-42(38)53-43-23-9-6-19-39(43)47(45)52(48(40)44(30)33)49-50-41-21-7-4-17-37(41)46(51-49)34-26-24-32(25-27-34)36-20-11-14-31-13-2-3-16-35(31)36/h2-29H,1H3/p+1. The van der Waals surface area contributed by atoms with Crippen molar-refractivity contribution < 1.29 is 4.98 Å². The van der Waals surface area contributed by atoms with E-state index in [1.54, 1.807) is 0 Å². The zero-order valence-electron chi connectivity index (χ0n) is 29.0. The van der Waals surface area contributed by atoms with E-state index in [-0.39, 0.29) is 0 Å². The second-order valence-corrected chi connectivity index (χ2v) is 14.9. The lowest BCUT2D eigenvalue weighted by atomic mass is 9.96. The summed E-state index contributed by atoms with van der Waals surface area (Å²) in [4.78, 5) is 11.9. The first-order valence-electron chi connectivity index (χ1n) is 18.1. The summed E-state index contributed by atoms with van der Waals surface area (Å²) in [7, 11) is 0. The molecule has 0 radical (unpaired) electrons. The lowest BCUT2D eigenvalue weighted by molar-refractivity contribution is -0.362. The van der Waals surface area contributed by atoms with Gasteiger partial charge in [0, 0.05) is 37.3 Å². The summed E-state index contributed by atoms with van der Waals surface area (Å²) in [5.74, 6) is 0.790. The second kappa shape index (κ2) is 11.8. The third-order valence-corrected chi connectivity index (χ3v) is 12.0. The van der Waals surface area contributed by atoms with Crippen LogP contribution in [0.2, 0.25) is 0 Å². The molecule has 1 aliphatic rings. The monoisotopic (exact) mass is 694 g/mol. The van der Waals surface area contributed by atoms with Crippen LogP contribution < -0.4 is 4.98 Å². The van der Waals surface area contributed by atoms with Crippen LogP contribution >= 0.6 is 11.8 Å². The molecule has 0 atom stereocenters. The molecule has 4 heteroatoms. The number of rotatable bonds is 3. The average Bonchev–Trinajstić information content (AvgIpc) is 3.48. The number of hydrogen-bond donors (Lipinski definition) is 0. The Hall–Kier alpha value is -6.49. The molecule has 11 rings (SSSR count). The molecule has 0 saturated heterocycles. The first-order chi connectivity index (χ1) is 26.2. The van der Waals surface area contributed by atoms with Crippen LogP contribution in [0.15, 0.2) is 180 Å². The molecule has 2 aromatic heterocycles. The van der Waals surface area contributed by atoms with Crippen molar-refractivity contribution in [3.8, 4) is 50.7 Å². The number of H-pyrrole nitrogens is 1. The molecule has 0 aliphatic carbocycles. The van der Waals surface area contributed by atoms with E-state index >= 15 is 0 Å². The highest BCUT2D eigenvalue weighted by molar-refractivity contribution is 7.99. The Morgan fingerprint density at radius 2 is 1.15 bits per heavy atom. The van der Waals surface area contributed by atoms with E-state index in [2.05, 4.69) is 186 Å². The van der Waals surface area contributed by atoms with Crippen LogP contribution in [0.4, 0.5) is 0 Å². The van der Waals surface area contributed by atoms with Gasteiger partial charge in [0.05, 0.1) is 5.39 Å². The molecule has 1 aliphatic heterocycles. The Labute approximate surface area is 311 Å². The first kappa shape index (κ1) is 30.2. The van der Waals surface area contributed by atoms with Crippen molar-refractivity contribution in [1.29, 1.82) is 0 Å². The Kier molecular flexibility index (Phi) is 6.70. The van der Waals surface area contributed by atoms with Crippen LogP contribution in [0.1, 0.15) is 5.56 Å². The van der Waals surface area contributed by atoms with E-state index in [1.165, 1.54) is 75.6 Å². The summed E-state index contributed by atoms with van der Waals surface area (Å²) < 4.78 is 2.42. The van der Waals surface area contributed by atoms with Gasteiger partial charge in [0.15, 0.2) is 5.52 Å². The zero-order chi connectivity index (χ0) is 35.0. The predicted octanol–water partition coefficient (Wildman–Crippen LogP) is 12.7. The van der Waals surface area contributed by atoms with Crippen LogP contribution in [0.3, 0.4) is 0 Å². The van der Waals surface area contributed by atoms with Crippen molar-refractivity contribution in [2.75, 3.05) is 0 Å². The maximum Gasteiger partial charge on any atom is 0.402 e. The predicted molar refractivity (Wildman–Crippen MR) is 221 cm³/mol. The maximum atomic E-state index is 5.46. The first-order valence-corrected chi connectivity index (χ1v) is 18.9. The molecule has 3 heterocycles. The SMILES string of the molecule is Cc1cccc2ccc3c4c(n(-c5nc6ccccc6c(-c6ccc(-c7cccc8ccccc78)cc6)[nH+]5)c3c12)-c1ccccc1Sc1ccccc1-4. The van der Waals surface area contributed by atoms with Gasteiger partial charge in [-0.1, -0.05) is 162 Å². The molecular weight excluding hydrogens is 663 g/mol. The molecule has 0 saturated carbocycles. The number of aromatic amines is 1. The van der Waals surface area contributed by atoms with Crippen molar-refractivity contribution in [1.82, 2.24) is 9.55 Å². The quantitative estimate of drug-likeness (QED) is 0.184. The number of para-hydroxylation sites is 1. The lowest BCUT2D eigenvalue weighted by Crippen LogP contribution is -2.20. The van der Waals surface area contributed by atoms with Gasteiger partial charge in [-0.2, -0.15) is 4.57 Å². The van der Waals surface area contributed by atoms with Crippen molar-refractivity contribution in [3.63, 3.8) is 0 Å². The van der Waals surface area contributed by atoms with Gasteiger partial charge in [0.1, 0.15) is 16.9 Å². The third-order valence-electron chi connectivity index (χ3n) is 10.8. The van der Waals surface area contributed by atoms with Gasteiger partial charge in [0.2, 0.25) is 0 Å². The van der Waals surface area contributed by atoms with Gasteiger partial charge in [0.25, 0.3) is 0 Å². The summed E-state index contributed by atoms with van der Waals surface area (Å²) in [6.07, 6.45) is 0. The Morgan fingerprint density at radius 3 is 2.02 bits per heavy atom. The molecule has 8 aromatic carbocycles. The molecule has 53 heavy (non-hydrogen) atoms. The fraction of sp³-hybridized carbons (Fsp3) is 0.0204. The smallest absolute Gasteiger partial charge is 0.240 e. The summed E-state index contributed by atoms with van der Waals surface area (Å²) in [5.41, 5.74) is 12.8. The lowest BCUT2D eigenvalue weighted by Gasteiger charge is -2.12. The second-order valence-electron chi connectivity index (χ2n) is 13.8. The molecular formula is C49H32N3S+. The highest BCUT2D eigenvalue weighted by Crippen LogP contribution is 2.53. The zero-order valence-corrected chi connectivity index (χ0v) is 29.8. The molecule has 0 fully saturated rings. The number of benzene rings is 8. The van der Waals surface area contributed by atoms with Gasteiger partial charge in [-0.3, -0.25) is 0 Å². The van der Waals surface area contributed by atoms with Crippen LogP contribution in [-0.2, 0) is 0 Å². The van der Waals surface area contributed by atoms with Crippen LogP contribution in [0.5, 0.6) is 0 Å². The highest BCUT2D eigenvalue weighted by atomic mass is 32.2. The van der Waals surface area contributed by atoms with Crippen LogP contribution in [0, 0.1) is 6.92 Å². The molecule has 0 unspecified atom stereocenters. The topological polar surface area (TPSA) is 32.0 Å². The number of nitrogens with one attached hydrogen (secondary N) is 1. The molecule has 248 valence electrons. The fourth-order valence-electron chi connectivity index (χ4n) is 8.43. The minimum atomic E-state index is 0.790. The van der Waals surface area contributed by atoms with E-state index in [4.69, 9.17) is 4.98 Å². The van der Waals surface area contributed by atoms with Crippen molar-refractivity contribution in [2.24, 2.45) is 0 Å². The van der Waals surface area contributed by atoms with Crippen molar-refractivity contribution in [3.05, 3.63) is 175 Å². The van der Waals surface area contributed by atoms with Crippen LogP contribution in [-0.4, -0.2) is 9.55 Å². The number of aromatic nitrogens is 3. The van der Waals surface area contributed by atoms with E-state index in [9.17, 15) is 0 Å². The number of hydrogen-bond acceptors (Lipinski definition) is 2. The van der Waals surface area contributed by atoms with E-state index in [0.717, 1.165) is 33.8 Å². The van der Waals surface area contributed by atoms with Gasteiger partial charge in [-0.15, -0.1) is 0 Å². The Balaban J connectivity index is 1.23. The Morgan fingerprint density at radius 1 is 0.509 bits per heavy atom. The summed E-state index contributed by atoms with van der Waals surface area (Å²) in [5, 5.41) is 7.26. The Bertz CT molecular complexity index is 3100. The molecule has 0 spiro atoms. The van der Waals surface area contributed by atoms with Gasteiger partial charge in [-0.05, 0) is 69.6 Å². The number of aryl methyl sites for hydroxylation is 1.